The number of methoxy groups -OCH3 is 1. The van der Waals surface area contributed by atoms with E-state index in [1.165, 1.54) is 42.6 Å². The van der Waals surface area contributed by atoms with Crippen molar-refractivity contribution in [2.24, 2.45) is 0 Å². The molecule has 2 amide bonds. The summed E-state index contributed by atoms with van der Waals surface area (Å²) in [4.78, 5) is 38.2. The van der Waals surface area contributed by atoms with Gasteiger partial charge in [0, 0.05) is 45.1 Å². The average molecular weight is 474 g/mol. The van der Waals surface area contributed by atoms with Gasteiger partial charge in [-0.25, -0.2) is 13.2 Å². The summed E-state index contributed by atoms with van der Waals surface area (Å²) in [7, 11) is -2.60. The van der Waals surface area contributed by atoms with E-state index in [-0.39, 0.29) is 35.9 Å². The van der Waals surface area contributed by atoms with Gasteiger partial charge >= 0.3 is 5.97 Å². The van der Waals surface area contributed by atoms with E-state index in [2.05, 4.69) is 5.32 Å². The molecule has 1 atom stereocenters. The third-order valence-corrected chi connectivity index (χ3v) is 7.39. The molecule has 1 saturated heterocycles. The van der Waals surface area contributed by atoms with Crippen LogP contribution in [0.15, 0.2) is 59.5 Å². The summed E-state index contributed by atoms with van der Waals surface area (Å²) in [5, 5.41) is 2.64. The number of esters is 1. The third-order valence-electron chi connectivity index (χ3n) is 5.49. The molecule has 0 bridgehead atoms. The van der Waals surface area contributed by atoms with Crippen molar-refractivity contribution >= 4 is 27.8 Å². The highest BCUT2D eigenvalue weighted by molar-refractivity contribution is 7.89. The summed E-state index contributed by atoms with van der Waals surface area (Å²) in [5.41, 5.74) is 0.953. The van der Waals surface area contributed by atoms with Crippen LogP contribution in [0.25, 0.3) is 0 Å². The molecule has 1 N–H and O–H groups in total. The van der Waals surface area contributed by atoms with Gasteiger partial charge in [-0.15, -0.1) is 0 Å². The van der Waals surface area contributed by atoms with Gasteiger partial charge in [-0.2, -0.15) is 4.31 Å². The Labute approximate surface area is 193 Å². The van der Waals surface area contributed by atoms with Crippen LogP contribution in [0.1, 0.15) is 22.8 Å². The molecule has 3 rings (SSSR count). The van der Waals surface area contributed by atoms with Crippen LogP contribution in [-0.4, -0.2) is 74.7 Å². The predicted octanol–water partition coefficient (Wildman–Crippen LogP) is 1.05. The van der Waals surface area contributed by atoms with Crippen LogP contribution in [0.5, 0.6) is 0 Å². The van der Waals surface area contributed by atoms with Gasteiger partial charge in [0.05, 0.1) is 12.0 Å². The molecule has 0 aromatic heterocycles. The van der Waals surface area contributed by atoms with E-state index in [4.69, 9.17) is 4.74 Å². The number of piperazine rings is 1. The first-order chi connectivity index (χ1) is 15.7. The SMILES string of the molecule is COC(=O)[C@@H](Cc1ccccc1)NC(=O)c1cccc(S(=O)(=O)N2CCN(C(C)=O)CC2)c1. The molecule has 1 aliphatic rings. The molecule has 1 heterocycles. The highest BCUT2D eigenvalue weighted by Crippen LogP contribution is 2.19. The standard InChI is InChI=1S/C23H27N3O6S/c1-17(27)25-11-13-26(14-12-25)33(30,31)20-10-6-9-19(16-20)22(28)24-21(23(29)32-2)15-18-7-4-3-5-8-18/h3-10,16,21H,11-15H2,1-2H3,(H,24,28)/t21-/m1/s1. The summed E-state index contributed by atoms with van der Waals surface area (Å²) < 4.78 is 32.3. The lowest BCUT2D eigenvalue weighted by atomic mass is 10.1. The lowest BCUT2D eigenvalue weighted by molar-refractivity contribution is -0.142. The molecule has 0 spiro atoms. The van der Waals surface area contributed by atoms with Gasteiger partial charge in [-0.1, -0.05) is 36.4 Å². The lowest BCUT2D eigenvalue weighted by Gasteiger charge is -2.33. The van der Waals surface area contributed by atoms with Gasteiger partial charge in [0.25, 0.3) is 5.91 Å². The van der Waals surface area contributed by atoms with Crippen LogP contribution >= 0.6 is 0 Å². The molecular weight excluding hydrogens is 446 g/mol. The third kappa shape index (κ3) is 5.96. The van der Waals surface area contributed by atoms with Gasteiger partial charge in [-0.3, -0.25) is 9.59 Å². The van der Waals surface area contributed by atoms with Gasteiger partial charge in [0.2, 0.25) is 15.9 Å². The molecule has 1 fully saturated rings. The zero-order chi connectivity index (χ0) is 24.0. The topological polar surface area (TPSA) is 113 Å². The van der Waals surface area contributed by atoms with E-state index < -0.39 is 27.9 Å². The quantitative estimate of drug-likeness (QED) is 0.602. The maximum atomic E-state index is 13.1. The summed E-state index contributed by atoms with van der Waals surface area (Å²) in [6.45, 7) is 2.44. The fraction of sp³-hybridized carbons (Fsp3) is 0.348. The molecule has 0 unspecified atom stereocenters. The van der Waals surface area contributed by atoms with Crippen LogP contribution in [0, 0.1) is 0 Å². The molecule has 33 heavy (non-hydrogen) atoms. The molecule has 0 saturated carbocycles. The first-order valence-electron chi connectivity index (χ1n) is 10.5. The highest BCUT2D eigenvalue weighted by atomic mass is 32.2. The van der Waals surface area contributed by atoms with Crippen molar-refractivity contribution in [1.29, 1.82) is 0 Å². The van der Waals surface area contributed by atoms with Crippen molar-refractivity contribution in [1.82, 2.24) is 14.5 Å². The summed E-state index contributed by atoms with van der Waals surface area (Å²) >= 11 is 0. The number of ether oxygens (including phenoxy) is 1. The Morgan fingerprint density at radius 3 is 2.27 bits per heavy atom. The Hall–Kier alpha value is -3.24. The second kappa shape index (κ2) is 10.6. The van der Waals surface area contributed by atoms with E-state index >= 15 is 0 Å². The minimum Gasteiger partial charge on any atom is -0.467 e. The molecule has 176 valence electrons. The first-order valence-corrected chi connectivity index (χ1v) is 11.9. The van der Waals surface area contributed by atoms with E-state index in [9.17, 15) is 22.8 Å². The number of sulfonamides is 1. The number of benzene rings is 2. The zero-order valence-electron chi connectivity index (χ0n) is 18.6. The molecule has 10 heteroatoms. The second-order valence-corrected chi connectivity index (χ2v) is 9.61. The maximum Gasteiger partial charge on any atom is 0.328 e. The second-order valence-electron chi connectivity index (χ2n) is 7.68. The van der Waals surface area contributed by atoms with Gasteiger partial charge in [0.1, 0.15) is 6.04 Å². The van der Waals surface area contributed by atoms with Crippen LogP contribution in [0.3, 0.4) is 0 Å². The fourth-order valence-corrected chi connectivity index (χ4v) is 5.09. The monoisotopic (exact) mass is 473 g/mol. The number of carbonyl (C=O) groups is 3. The Morgan fingerprint density at radius 1 is 1.00 bits per heavy atom. The molecule has 2 aromatic carbocycles. The van der Waals surface area contributed by atoms with E-state index in [0.717, 1.165) is 5.56 Å². The first kappa shape index (κ1) is 24.4. The smallest absolute Gasteiger partial charge is 0.328 e. The Kier molecular flexibility index (Phi) is 7.83. The Balaban J connectivity index is 1.75. The van der Waals surface area contributed by atoms with Crippen LogP contribution in [-0.2, 0) is 30.8 Å². The van der Waals surface area contributed by atoms with Gasteiger partial charge in [0.15, 0.2) is 0 Å². The van der Waals surface area contributed by atoms with Crippen molar-refractivity contribution in [3.63, 3.8) is 0 Å². The van der Waals surface area contributed by atoms with Gasteiger partial charge in [-0.05, 0) is 23.8 Å². The number of rotatable bonds is 7. The number of nitrogens with zero attached hydrogens (tertiary/aromatic N) is 2. The van der Waals surface area contributed by atoms with Crippen LogP contribution < -0.4 is 5.32 Å². The van der Waals surface area contributed by atoms with Crippen molar-refractivity contribution in [2.75, 3.05) is 33.3 Å². The predicted molar refractivity (Wildman–Crippen MR) is 121 cm³/mol. The lowest BCUT2D eigenvalue weighted by Crippen LogP contribution is -2.49. The summed E-state index contributed by atoms with van der Waals surface area (Å²) in [6, 6.07) is 13.9. The zero-order valence-corrected chi connectivity index (χ0v) is 19.4. The molecule has 1 aliphatic heterocycles. The number of nitrogens with one attached hydrogen (secondary N) is 1. The number of amides is 2. The number of carbonyl (C=O) groups excluding carboxylic acids is 3. The van der Waals surface area contributed by atoms with E-state index in [0.29, 0.717) is 13.1 Å². The van der Waals surface area contributed by atoms with E-state index in [1.807, 2.05) is 30.3 Å². The molecule has 9 nitrogen and oxygen atoms in total. The highest BCUT2D eigenvalue weighted by Gasteiger charge is 2.30. The van der Waals surface area contributed by atoms with Crippen LogP contribution in [0.4, 0.5) is 0 Å². The Bertz CT molecular complexity index is 1110. The van der Waals surface area contributed by atoms with Crippen molar-refractivity contribution in [3.8, 4) is 0 Å². The van der Waals surface area contributed by atoms with Crippen molar-refractivity contribution in [2.45, 2.75) is 24.3 Å². The normalized spacial score (nSPS) is 15.5. The number of hydrogen-bond acceptors (Lipinski definition) is 6. The molecule has 0 aliphatic carbocycles. The van der Waals surface area contributed by atoms with Gasteiger partial charge < -0.3 is 15.0 Å². The largest absolute Gasteiger partial charge is 0.467 e. The number of hydrogen-bond donors (Lipinski definition) is 1. The minimum atomic E-state index is -3.84. The van der Waals surface area contributed by atoms with Crippen LogP contribution in [0.2, 0.25) is 0 Å². The fourth-order valence-electron chi connectivity index (χ4n) is 3.62. The molecule has 2 aromatic rings. The summed E-state index contributed by atoms with van der Waals surface area (Å²) in [6.07, 6.45) is 0.234. The minimum absolute atomic E-state index is 0.0240. The van der Waals surface area contributed by atoms with Crippen molar-refractivity contribution < 1.29 is 27.5 Å². The summed E-state index contributed by atoms with van der Waals surface area (Å²) in [5.74, 6) is -1.28. The average Bonchev–Trinajstić information content (AvgIpc) is 2.83. The maximum absolute atomic E-state index is 13.1. The Morgan fingerprint density at radius 2 is 1.67 bits per heavy atom. The van der Waals surface area contributed by atoms with E-state index in [1.54, 1.807) is 4.90 Å². The van der Waals surface area contributed by atoms with Crippen molar-refractivity contribution in [3.05, 3.63) is 65.7 Å². The molecule has 0 radical (unpaired) electrons. The molecular formula is C23H27N3O6S.